The fourth-order valence-electron chi connectivity index (χ4n) is 5.57. The number of hydrogen-bond donors (Lipinski definition) is 3. The lowest BCUT2D eigenvalue weighted by atomic mass is 9.72. The van der Waals surface area contributed by atoms with E-state index >= 15 is 0 Å². The van der Waals surface area contributed by atoms with Crippen LogP contribution in [-0.4, -0.2) is 44.1 Å². The van der Waals surface area contributed by atoms with Crippen molar-refractivity contribution in [3.63, 3.8) is 0 Å². The zero-order valence-corrected chi connectivity index (χ0v) is 25.6. The second-order valence-corrected chi connectivity index (χ2v) is 11.4. The van der Waals surface area contributed by atoms with E-state index in [2.05, 4.69) is 25.5 Å². The Bertz CT molecular complexity index is 1510. The van der Waals surface area contributed by atoms with E-state index in [-0.39, 0.29) is 11.0 Å². The molecule has 7 nitrogen and oxygen atoms in total. The van der Waals surface area contributed by atoms with Gasteiger partial charge >= 0.3 is 0 Å². The Balaban J connectivity index is 1.42. The van der Waals surface area contributed by atoms with Crippen molar-refractivity contribution in [2.45, 2.75) is 39.2 Å². The first-order chi connectivity index (χ1) is 20.2. The minimum Gasteiger partial charge on any atom is -0.380 e. The van der Waals surface area contributed by atoms with Crippen LogP contribution in [0.2, 0.25) is 5.02 Å². The second kappa shape index (κ2) is 13.0. The van der Waals surface area contributed by atoms with Crippen LogP contribution in [0.1, 0.15) is 40.9 Å². The number of aliphatic hydroxyl groups is 1. The molecule has 4 aromatic rings. The zero-order chi connectivity index (χ0) is 29.7. The highest BCUT2D eigenvalue weighted by molar-refractivity contribution is 7.80. The lowest BCUT2D eigenvalue weighted by Crippen LogP contribution is -2.48. The monoisotopic (exact) mass is 598 g/mol. The molecule has 1 fully saturated rings. The van der Waals surface area contributed by atoms with Crippen LogP contribution in [-0.2, 0) is 5.60 Å². The molecule has 0 bridgehead atoms. The highest BCUT2D eigenvalue weighted by Crippen LogP contribution is 2.42. The molecule has 216 valence electrons. The molecule has 42 heavy (non-hydrogen) atoms. The van der Waals surface area contributed by atoms with Crippen LogP contribution in [0.15, 0.2) is 89.9 Å². The van der Waals surface area contributed by atoms with Crippen LogP contribution in [0.4, 0.5) is 11.6 Å². The van der Waals surface area contributed by atoms with Crippen LogP contribution < -0.4 is 10.6 Å². The van der Waals surface area contributed by atoms with Crippen molar-refractivity contribution < 1.29 is 5.11 Å². The number of rotatable bonds is 5. The van der Waals surface area contributed by atoms with Gasteiger partial charge in [-0.1, -0.05) is 84.4 Å². The van der Waals surface area contributed by atoms with E-state index in [1.165, 1.54) is 0 Å². The summed E-state index contributed by atoms with van der Waals surface area (Å²) in [6.07, 6.45) is 1.47. The molecule has 1 saturated heterocycles. The zero-order valence-electron chi connectivity index (χ0n) is 24.0. The first-order valence-corrected chi connectivity index (χ1v) is 14.8. The fourth-order valence-corrected chi connectivity index (χ4v) is 5.94. The number of anilines is 2. The van der Waals surface area contributed by atoms with Crippen molar-refractivity contribution in [2.75, 3.05) is 23.7 Å². The molecule has 3 N–H and O–H groups in total. The lowest BCUT2D eigenvalue weighted by Gasteiger charge is -2.43. The van der Waals surface area contributed by atoms with Crippen LogP contribution in [0.25, 0.3) is 0 Å². The molecule has 3 aromatic carbocycles. The van der Waals surface area contributed by atoms with E-state index in [0.717, 1.165) is 40.9 Å². The maximum Gasteiger partial charge on any atom is 0.229 e. The summed E-state index contributed by atoms with van der Waals surface area (Å²) < 4.78 is 0. The fraction of sp³-hybridized carbons (Fsp3) is 0.273. The standard InChI is InChI=1S/C33H35ClN6OS/c1-22-11-10-16-28(29(22)34)37-32(42)39-31(38-30-35-23(2)21-24(3)36-30)40-19-17-27(18-20-40)33(41,25-12-6-4-7-13-25)26-14-8-5-9-15-26/h4-16,21,27,41H,17-20H2,1-3H3,(H2,35,36,37,38,39,42). The van der Waals surface area contributed by atoms with Gasteiger partial charge in [-0.05, 0) is 80.6 Å². The van der Waals surface area contributed by atoms with E-state index < -0.39 is 5.60 Å². The minimum absolute atomic E-state index is 0.00607. The number of piperidine rings is 1. The molecule has 1 aliphatic rings. The molecule has 0 unspecified atom stereocenters. The number of nitrogens with zero attached hydrogens (tertiary/aromatic N) is 4. The molecule has 5 rings (SSSR count). The Morgan fingerprint density at radius 2 is 1.45 bits per heavy atom. The average molecular weight is 599 g/mol. The largest absolute Gasteiger partial charge is 0.380 e. The van der Waals surface area contributed by atoms with E-state index in [9.17, 15) is 5.11 Å². The summed E-state index contributed by atoms with van der Waals surface area (Å²) in [4.78, 5) is 16.0. The predicted octanol–water partition coefficient (Wildman–Crippen LogP) is 6.87. The Labute approximate surface area is 257 Å². The third-order valence-electron chi connectivity index (χ3n) is 7.66. The minimum atomic E-state index is -1.12. The van der Waals surface area contributed by atoms with E-state index in [1.807, 2.05) is 106 Å². The van der Waals surface area contributed by atoms with Gasteiger partial charge in [-0.25, -0.2) is 9.97 Å². The Hall–Kier alpha value is -3.85. The quantitative estimate of drug-likeness (QED) is 0.131. The third-order valence-corrected chi connectivity index (χ3v) is 8.35. The van der Waals surface area contributed by atoms with Crippen molar-refractivity contribution in [1.29, 1.82) is 0 Å². The topological polar surface area (TPSA) is 85.7 Å². The number of benzene rings is 3. The lowest BCUT2D eigenvalue weighted by molar-refractivity contribution is -0.00653. The summed E-state index contributed by atoms with van der Waals surface area (Å²) >= 11 is 12.2. The number of aryl methyl sites for hydroxylation is 3. The molecule has 0 spiro atoms. The molecule has 0 radical (unpaired) electrons. The SMILES string of the molecule is Cc1cc(C)nc(N/C(=N/C(=S)Nc2cccc(C)c2Cl)N2CCC(C(O)(c3ccccc3)c3ccccc3)CC2)n1. The molecule has 1 aliphatic heterocycles. The molecule has 1 aromatic heterocycles. The van der Waals surface area contributed by atoms with Gasteiger partial charge in [0.15, 0.2) is 0 Å². The van der Waals surface area contributed by atoms with Crippen molar-refractivity contribution >= 4 is 46.5 Å². The second-order valence-electron chi connectivity index (χ2n) is 10.7. The summed E-state index contributed by atoms with van der Waals surface area (Å²) in [5.41, 5.74) is 4.02. The van der Waals surface area contributed by atoms with Crippen molar-refractivity contribution in [2.24, 2.45) is 10.9 Å². The summed E-state index contributed by atoms with van der Waals surface area (Å²) in [5.74, 6) is 0.992. The van der Waals surface area contributed by atoms with Gasteiger partial charge in [0, 0.05) is 24.5 Å². The van der Waals surface area contributed by atoms with Crippen LogP contribution in [0.3, 0.4) is 0 Å². The molecule has 9 heteroatoms. The summed E-state index contributed by atoms with van der Waals surface area (Å²) in [5, 5.41) is 19.7. The van der Waals surface area contributed by atoms with E-state index in [4.69, 9.17) is 28.8 Å². The molecule has 2 heterocycles. The Morgan fingerprint density at radius 3 is 2.02 bits per heavy atom. The van der Waals surface area contributed by atoms with Crippen LogP contribution >= 0.6 is 23.8 Å². The van der Waals surface area contributed by atoms with Gasteiger partial charge in [0.05, 0.1) is 10.7 Å². The predicted molar refractivity (Wildman–Crippen MR) is 175 cm³/mol. The van der Waals surface area contributed by atoms with Gasteiger partial charge in [-0.3, -0.25) is 5.32 Å². The number of aromatic nitrogens is 2. The number of nitrogens with one attached hydrogen (secondary N) is 2. The molecule has 0 saturated carbocycles. The summed E-state index contributed by atoms with van der Waals surface area (Å²) in [6.45, 7) is 7.11. The molecule has 0 amide bonds. The van der Waals surface area contributed by atoms with Crippen molar-refractivity contribution in [3.8, 4) is 0 Å². The molecule has 0 atom stereocenters. The average Bonchev–Trinajstić information content (AvgIpc) is 2.99. The first-order valence-electron chi connectivity index (χ1n) is 14.1. The highest BCUT2D eigenvalue weighted by Gasteiger charge is 2.42. The van der Waals surface area contributed by atoms with Crippen LogP contribution in [0, 0.1) is 26.7 Å². The number of aliphatic imine (C=N–C) groups is 1. The van der Waals surface area contributed by atoms with Gasteiger partial charge in [-0.2, -0.15) is 4.99 Å². The maximum atomic E-state index is 12.3. The molecular weight excluding hydrogens is 564 g/mol. The molecule has 0 aliphatic carbocycles. The van der Waals surface area contributed by atoms with Gasteiger partial charge in [-0.15, -0.1) is 0 Å². The van der Waals surface area contributed by atoms with Gasteiger partial charge in [0.2, 0.25) is 17.0 Å². The number of likely N-dealkylation sites (tertiary alicyclic amines) is 1. The first kappa shape index (κ1) is 29.6. The maximum absolute atomic E-state index is 12.3. The third kappa shape index (κ3) is 6.62. The van der Waals surface area contributed by atoms with Gasteiger partial charge in [0.25, 0.3) is 0 Å². The molecular formula is C33H35ClN6OS. The van der Waals surface area contributed by atoms with Crippen molar-refractivity contribution in [3.05, 3.63) is 118 Å². The van der Waals surface area contributed by atoms with Crippen LogP contribution in [0.5, 0.6) is 0 Å². The van der Waals surface area contributed by atoms with Gasteiger partial charge in [0.1, 0.15) is 5.60 Å². The summed E-state index contributed by atoms with van der Waals surface area (Å²) in [6, 6.07) is 27.5. The van der Waals surface area contributed by atoms with Crippen molar-refractivity contribution in [1.82, 2.24) is 14.9 Å². The van der Waals surface area contributed by atoms with Gasteiger partial charge < -0.3 is 15.3 Å². The number of thiocarbonyl (C=S) groups is 1. The number of hydrogen-bond acceptors (Lipinski definition) is 4. The van der Waals surface area contributed by atoms with E-state index in [1.54, 1.807) is 0 Å². The van der Waals surface area contributed by atoms with E-state index in [0.29, 0.717) is 35.7 Å². The highest BCUT2D eigenvalue weighted by atomic mass is 35.5. The normalized spacial score (nSPS) is 14.5. The summed E-state index contributed by atoms with van der Waals surface area (Å²) in [7, 11) is 0. The number of halogens is 1. The Morgan fingerprint density at radius 1 is 0.881 bits per heavy atom. The smallest absolute Gasteiger partial charge is 0.229 e. The Kier molecular flexibility index (Phi) is 9.16. The number of guanidine groups is 1.